The molecule has 2 heterocycles. The van der Waals surface area contributed by atoms with Crippen LogP contribution < -0.4 is 0 Å². The van der Waals surface area contributed by atoms with E-state index < -0.39 is 7.67 Å². The maximum atomic E-state index is 13.6. The van der Waals surface area contributed by atoms with Crippen molar-refractivity contribution in [1.29, 1.82) is 0 Å². The predicted octanol–water partition coefficient (Wildman–Crippen LogP) is 4.65. The number of aromatic nitrogens is 2. The Morgan fingerprint density at radius 2 is 1.17 bits per heavy atom. The van der Waals surface area contributed by atoms with Gasteiger partial charge in [-0.05, 0) is 19.9 Å². The molecule has 0 bridgehead atoms. The minimum Gasteiger partial charge on any atom is -0.492 e. The van der Waals surface area contributed by atoms with Crippen LogP contribution in [0.1, 0.15) is 52.8 Å². The highest BCUT2D eigenvalue weighted by atomic mass is 79.9. The van der Waals surface area contributed by atoms with Gasteiger partial charge in [0.2, 0.25) is 23.1 Å². The molecule has 0 aliphatic heterocycles. The number of hydrogen-bond donors (Lipinski definition) is 1. The third-order valence-corrected chi connectivity index (χ3v) is 10.4. The van der Waals surface area contributed by atoms with Crippen molar-refractivity contribution in [3.63, 3.8) is 0 Å². The Bertz CT molecular complexity index is 1570. The summed E-state index contributed by atoms with van der Waals surface area (Å²) in [4.78, 5) is 48.7. The number of nitrogens with zero attached hydrogens (tertiary/aromatic N) is 4. The molecule has 2 aliphatic carbocycles. The van der Waals surface area contributed by atoms with E-state index in [0.717, 1.165) is 0 Å². The second-order valence-electron chi connectivity index (χ2n) is 9.85. The molecule has 0 saturated carbocycles. The average molecular weight is 857 g/mol. The smallest absolute Gasteiger partial charge is 0.345 e. The summed E-state index contributed by atoms with van der Waals surface area (Å²) in [7, 11) is 6.16. The highest BCUT2D eigenvalue weighted by Gasteiger charge is 2.37. The topological polar surface area (TPSA) is 150 Å². The van der Waals surface area contributed by atoms with Gasteiger partial charge in [-0.15, -0.1) is 0 Å². The molecule has 0 amide bonds. The standard InChI is InChI=1S/C17H24Br2N3O5P.C11H11NO4.CH3Br/c1-20-10-12(15-16(20)13(23)9-14(26-4)17(15)24)11-27-28(25,21(2)7-5-18)22(3)8-6-19;1-12-4-6(5-13)9-10(12)7(14)3-8(16-2)11(9)15;1-2/h9-10H,5-8,11H2,1-4H3;3-4,13H,5H2,1-2H3;1H3. The summed E-state index contributed by atoms with van der Waals surface area (Å²) in [5.41, 5.74) is 2.01. The Kier molecular flexibility index (Phi) is 15.5. The number of alkyl halides is 3. The third kappa shape index (κ3) is 8.27. The van der Waals surface area contributed by atoms with Crippen LogP contribution in [0.3, 0.4) is 0 Å². The van der Waals surface area contributed by atoms with Crippen LogP contribution in [0.5, 0.6) is 0 Å². The second-order valence-corrected chi connectivity index (χ2v) is 14.0. The van der Waals surface area contributed by atoms with Crippen LogP contribution in [0.25, 0.3) is 0 Å². The monoisotopic (exact) mass is 854 g/mol. The van der Waals surface area contributed by atoms with E-state index in [9.17, 15) is 23.7 Å². The first-order chi connectivity index (χ1) is 21.8. The molecule has 0 radical (unpaired) electrons. The highest BCUT2D eigenvalue weighted by Crippen LogP contribution is 2.53. The van der Waals surface area contributed by atoms with Gasteiger partial charge in [-0.25, -0.2) is 9.34 Å². The molecular formula is C29H38Br3N4O9P. The summed E-state index contributed by atoms with van der Waals surface area (Å²) in [6, 6.07) is 0. The van der Waals surface area contributed by atoms with Crippen molar-refractivity contribution >= 4 is 78.6 Å². The Hall–Kier alpha value is -2.17. The van der Waals surface area contributed by atoms with E-state index in [1.54, 1.807) is 59.1 Å². The summed E-state index contributed by atoms with van der Waals surface area (Å²) >= 11 is 9.65. The lowest BCUT2D eigenvalue weighted by atomic mass is 9.97. The average Bonchev–Trinajstić information content (AvgIpc) is 3.57. The number of carbonyl (C=O) groups is 4. The zero-order chi connectivity index (χ0) is 34.9. The first kappa shape index (κ1) is 40.0. The molecule has 2 aromatic rings. The zero-order valence-corrected chi connectivity index (χ0v) is 32.3. The van der Waals surface area contributed by atoms with Crippen molar-refractivity contribution in [2.24, 2.45) is 14.1 Å². The fourth-order valence-electron chi connectivity index (χ4n) is 4.88. The van der Waals surface area contributed by atoms with Crippen LogP contribution >= 0.6 is 55.5 Å². The van der Waals surface area contributed by atoms with Crippen LogP contribution in [0.4, 0.5) is 0 Å². The van der Waals surface area contributed by atoms with Crippen molar-refractivity contribution in [3.05, 3.63) is 69.7 Å². The molecule has 0 spiro atoms. The lowest BCUT2D eigenvalue weighted by Gasteiger charge is -2.33. The number of allylic oxidation sites excluding steroid dienone is 4. The van der Waals surface area contributed by atoms with Gasteiger partial charge in [-0.3, -0.25) is 23.7 Å². The first-order valence-electron chi connectivity index (χ1n) is 13.6. The van der Waals surface area contributed by atoms with Gasteiger partial charge in [0.15, 0.2) is 11.5 Å². The minimum atomic E-state index is -3.33. The molecule has 13 nitrogen and oxygen atoms in total. The molecular weight excluding hydrogens is 819 g/mol. The molecule has 46 heavy (non-hydrogen) atoms. The van der Waals surface area contributed by atoms with Gasteiger partial charge in [-0.1, -0.05) is 47.8 Å². The quantitative estimate of drug-likeness (QED) is 0.235. The number of fused-ring (bicyclic) bond motifs is 2. The van der Waals surface area contributed by atoms with Crippen molar-refractivity contribution in [1.82, 2.24) is 18.5 Å². The van der Waals surface area contributed by atoms with E-state index in [1.807, 2.05) is 5.83 Å². The summed E-state index contributed by atoms with van der Waals surface area (Å²) in [6.45, 7) is 0.685. The van der Waals surface area contributed by atoms with E-state index in [-0.39, 0.29) is 64.7 Å². The normalized spacial score (nSPS) is 14.2. The number of rotatable bonds is 12. The summed E-state index contributed by atoms with van der Waals surface area (Å²) in [5, 5.41) is 10.4. The highest BCUT2D eigenvalue weighted by molar-refractivity contribution is 9.09. The number of Topliss-reactive ketones (excluding diaryl/α,β-unsaturated/α-hetero) is 2. The van der Waals surface area contributed by atoms with Crippen molar-refractivity contribution in [2.45, 2.75) is 13.2 Å². The van der Waals surface area contributed by atoms with E-state index in [2.05, 4.69) is 47.8 Å². The SMILES string of the molecule is CBr.COC1=CC(=O)c2c(c(CO)cn2C)C1=O.COC1=CC(=O)c2c(c(COP(=O)(N(C)CCBr)N(C)CCBr)cn2C)C1=O. The molecule has 1 N–H and O–H groups in total. The second kappa shape index (κ2) is 17.8. The number of halogens is 3. The van der Waals surface area contributed by atoms with Gasteiger partial charge in [0.25, 0.3) is 0 Å². The lowest BCUT2D eigenvalue weighted by molar-refractivity contribution is 0.0911. The molecule has 4 rings (SSSR count). The Morgan fingerprint density at radius 3 is 1.54 bits per heavy atom. The number of aryl methyl sites for hydroxylation is 2. The molecule has 254 valence electrons. The van der Waals surface area contributed by atoms with Gasteiger partial charge in [0.1, 0.15) is 11.4 Å². The molecule has 0 unspecified atom stereocenters. The number of aliphatic hydroxyl groups is 1. The van der Waals surface area contributed by atoms with Crippen LogP contribution in [-0.4, -0.2) is 105 Å². The van der Waals surface area contributed by atoms with Crippen molar-refractivity contribution < 1.29 is 42.8 Å². The first-order valence-corrected chi connectivity index (χ1v) is 19.0. The summed E-state index contributed by atoms with van der Waals surface area (Å²) in [6.07, 6.45) is 5.60. The maximum absolute atomic E-state index is 13.6. The lowest BCUT2D eigenvalue weighted by Crippen LogP contribution is -2.30. The third-order valence-electron chi connectivity index (χ3n) is 7.09. The van der Waals surface area contributed by atoms with Crippen LogP contribution in [-0.2, 0) is 45.9 Å². The minimum absolute atomic E-state index is 0.0124. The molecule has 0 saturated heterocycles. The van der Waals surface area contributed by atoms with Crippen LogP contribution in [0, 0.1) is 0 Å². The Balaban J connectivity index is 0.000000345. The number of methoxy groups -OCH3 is 2. The van der Waals surface area contributed by atoms with Gasteiger partial charge < -0.3 is 28.2 Å². The largest absolute Gasteiger partial charge is 0.492 e. The van der Waals surface area contributed by atoms with E-state index >= 15 is 0 Å². The van der Waals surface area contributed by atoms with Gasteiger partial charge >= 0.3 is 7.67 Å². The Morgan fingerprint density at radius 1 is 0.783 bits per heavy atom. The number of hydrogen-bond acceptors (Lipinski definition) is 9. The van der Waals surface area contributed by atoms with E-state index in [1.165, 1.54) is 26.4 Å². The predicted molar refractivity (Wildman–Crippen MR) is 184 cm³/mol. The van der Waals surface area contributed by atoms with Gasteiger partial charge in [0, 0.05) is 73.5 Å². The number of carbonyl (C=O) groups excluding carboxylic acids is 4. The zero-order valence-electron chi connectivity index (χ0n) is 26.6. The van der Waals surface area contributed by atoms with Crippen LogP contribution in [0.2, 0.25) is 0 Å². The fourth-order valence-corrected chi connectivity index (χ4v) is 8.42. The number of ether oxygens (including phenoxy) is 2. The van der Waals surface area contributed by atoms with Crippen LogP contribution in [0.15, 0.2) is 36.1 Å². The van der Waals surface area contributed by atoms with E-state index in [4.69, 9.17) is 19.1 Å². The fraction of sp³-hybridized carbons (Fsp3) is 0.448. The molecule has 2 aliphatic rings. The van der Waals surface area contributed by atoms with Gasteiger partial charge in [-0.2, -0.15) is 0 Å². The van der Waals surface area contributed by atoms with Crippen molar-refractivity contribution in [3.8, 4) is 0 Å². The molecule has 2 aromatic heterocycles. The van der Waals surface area contributed by atoms with E-state index in [0.29, 0.717) is 40.6 Å². The molecule has 0 aromatic carbocycles. The number of ketones is 4. The summed E-state index contributed by atoms with van der Waals surface area (Å²) < 4.78 is 35.8. The van der Waals surface area contributed by atoms with Gasteiger partial charge in [0.05, 0.1) is 38.6 Å². The maximum Gasteiger partial charge on any atom is 0.345 e. The summed E-state index contributed by atoms with van der Waals surface area (Å²) in [5.74, 6) is 0.479. The molecule has 0 atom stereocenters. The number of aliphatic hydroxyl groups excluding tert-OH is 1. The molecule has 0 fully saturated rings. The van der Waals surface area contributed by atoms with Crippen molar-refractivity contribution in [2.75, 3.05) is 57.9 Å². The Labute approximate surface area is 293 Å². The molecule has 17 heteroatoms.